The van der Waals surface area contributed by atoms with E-state index in [4.69, 9.17) is 14.9 Å². The first-order valence-corrected chi connectivity index (χ1v) is 4.71. The maximum absolute atomic E-state index is 9.86. The van der Waals surface area contributed by atoms with Crippen molar-refractivity contribution in [1.29, 1.82) is 0 Å². The predicted octanol–water partition coefficient (Wildman–Crippen LogP) is 2.44. The van der Waals surface area contributed by atoms with Crippen molar-refractivity contribution in [1.82, 2.24) is 0 Å². The molecule has 0 saturated heterocycles. The second-order valence-corrected chi connectivity index (χ2v) is 2.95. The Hall–Kier alpha value is -1.97. The van der Waals surface area contributed by atoms with E-state index in [0.717, 1.165) is 0 Å². The molecule has 0 heterocycles. The summed E-state index contributed by atoms with van der Waals surface area (Å²) in [6.45, 7) is 3.26. The number of methoxy groups -OCH3 is 1. The maximum Gasteiger partial charge on any atom is 0.330 e. The van der Waals surface area contributed by atoms with Crippen LogP contribution in [0.25, 0.3) is 0 Å². The molecule has 0 radical (unpaired) electrons. The Balaban J connectivity index is 0.000000293. The molecule has 0 aliphatic heterocycles. The van der Waals surface area contributed by atoms with Gasteiger partial charge >= 0.3 is 5.97 Å². The van der Waals surface area contributed by atoms with Crippen molar-refractivity contribution in [2.24, 2.45) is 0 Å². The van der Waals surface area contributed by atoms with Crippen molar-refractivity contribution in [3.8, 4) is 11.5 Å². The summed E-state index contributed by atoms with van der Waals surface area (Å²) in [6, 6.07) is 6.84. The lowest BCUT2D eigenvalue weighted by Crippen LogP contribution is -1.93. The van der Waals surface area contributed by atoms with E-state index < -0.39 is 5.97 Å². The monoisotopic (exact) mass is 224 g/mol. The SMILES string of the molecule is CC=C(C)C(=O)O.COc1ccccc1O. The Morgan fingerprint density at radius 1 is 1.38 bits per heavy atom. The number of ether oxygens (including phenoxy) is 1. The van der Waals surface area contributed by atoms with Gasteiger partial charge in [0.25, 0.3) is 0 Å². The molecule has 0 aliphatic rings. The number of phenolic OH excluding ortho intramolecular Hbond substituents is 1. The third-order valence-electron chi connectivity index (χ3n) is 1.86. The number of aliphatic carboxylic acids is 1. The molecule has 1 rings (SSSR count). The number of allylic oxidation sites excluding steroid dienone is 1. The number of para-hydroxylation sites is 2. The number of rotatable bonds is 2. The molecule has 88 valence electrons. The highest BCUT2D eigenvalue weighted by atomic mass is 16.5. The first kappa shape index (κ1) is 14.0. The van der Waals surface area contributed by atoms with Gasteiger partial charge < -0.3 is 14.9 Å². The van der Waals surface area contributed by atoms with Crippen molar-refractivity contribution >= 4 is 5.97 Å². The Morgan fingerprint density at radius 2 is 1.94 bits per heavy atom. The first-order chi connectivity index (χ1) is 7.52. The molecule has 1 aromatic rings. The van der Waals surface area contributed by atoms with Crippen LogP contribution in [0.5, 0.6) is 11.5 Å². The van der Waals surface area contributed by atoms with Gasteiger partial charge in [-0.25, -0.2) is 4.79 Å². The van der Waals surface area contributed by atoms with Crippen molar-refractivity contribution in [2.75, 3.05) is 7.11 Å². The van der Waals surface area contributed by atoms with Crippen LogP contribution in [-0.4, -0.2) is 23.3 Å². The fourth-order valence-corrected chi connectivity index (χ4v) is 0.753. The van der Waals surface area contributed by atoms with Gasteiger partial charge in [0.1, 0.15) is 0 Å². The van der Waals surface area contributed by atoms with Crippen LogP contribution < -0.4 is 4.74 Å². The van der Waals surface area contributed by atoms with E-state index in [-0.39, 0.29) is 5.75 Å². The van der Waals surface area contributed by atoms with Crippen LogP contribution in [0.3, 0.4) is 0 Å². The Kier molecular flexibility index (Phi) is 6.43. The third kappa shape index (κ3) is 5.05. The van der Waals surface area contributed by atoms with E-state index in [1.165, 1.54) is 7.11 Å². The lowest BCUT2D eigenvalue weighted by atomic mass is 10.3. The van der Waals surface area contributed by atoms with Gasteiger partial charge in [-0.2, -0.15) is 0 Å². The lowest BCUT2D eigenvalue weighted by molar-refractivity contribution is -0.132. The number of hydrogen-bond donors (Lipinski definition) is 2. The maximum atomic E-state index is 9.86. The molecule has 4 heteroatoms. The number of carbonyl (C=O) groups is 1. The summed E-state index contributed by atoms with van der Waals surface area (Å²) in [5.74, 6) is -0.153. The highest BCUT2D eigenvalue weighted by Gasteiger charge is 1.94. The van der Waals surface area contributed by atoms with E-state index in [2.05, 4.69) is 0 Å². The molecule has 0 saturated carbocycles. The van der Waals surface area contributed by atoms with Crippen molar-refractivity contribution in [2.45, 2.75) is 13.8 Å². The Bertz CT molecular complexity index is 369. The zero-order chi connectivity index (χ0) is 12.6. The quantitative estimate of drug-likeness (QED) is 0.757. The number of carboxylic acid groups (broad SMARTS) is 1. The number of aromatic hydroxyl groups is 1. The van der Waals surface area contributed by atoms with Crippen LogP contribution in [0.4, 0.5) is 0 Å². The summed E-state index contributed by atoms with van der Waals surface area (Å²) in [5.41, 5.74) is 0.389. The van der Waals surface area contributed by atoms with Crippen LogP contribution in [-0.2, 0) is 4.79 Å². The molecule has 0 bridgehead atoms. The van der Waals surface area contributed by atoms with E-state index in [9.17, 15) is 4.79 Å². The highest BCUT2D eigenvalue weighted by molar-refractivity contribution is 5.85. The van der Waals surface area contributed by atoms with Gasteiger partial charge in [0.05, 0.1) is 7.11 Å². The predicted molar refractivity (Wildman–Crippen MR) is 61.7 cm³/mol. The second kappa shape index (κ2) is 7.34. The number of benzene rings is 1. The average molecular weight is 224 g/mol. The molecule has 1 aromatic carbocycles. The number of hydrogen-bond acceptors (Lipinski definition) is 3. The van der Waals surface area contributed by atoms with Crippen LogP contribution in [0.15, 0.2) is 35.9 Å². The smallest absolute Gasteiger partial charge is 0.330 e. The van der Waals surface area contributed by atoms with Gasteiger partial charge in [-0.1, -0.05) is 18.2 Å². The fourth-order valence-electron chi connectivity index (χ4n) is 0.753. The molecule has 0 amide bonds. The number of phenols is 1. The molecule has 16 heavy (non-hydrogen) atoms. The van der Waals surface area contributed by atoms with Crippen molar-refractivity contribution in [3.63, 3.8) is 0 Å². The molecule has 0 unspecified atom stereocenters. The Labute approximate surface area is 94.8 Å². The average Bonchev–Trinajstić information content (AvgIpc) is 2.29. The molecule has 0 aromatic heterocycles. The zero-order valence-corrected chi connectivity index (χ0v) is 9.60. The molecular weight excluding hydrogens is 208 g/mol. The van der Waals surface area contributed by atoms with Crippen LogP contribution >= 0.6 is 0 Å². The standard InChI is InChI=1S/C7H8O2.C5H8O2/c1-9-7-5-3-2-4-6(7)8;1-3-4(2)5(6)7/h2-5,8H,1H3;3H,1-2H3,(H,6,7). The van der Waals surface area contributed by atoms with Gasteiger partial charge in [-0.3, -0.25) is 0 Å². The Morgan fingerprint density at radius 3 is 2.19 bits per heavy atom. The van der Waals surface area contributed by atoms with E-state index in [1.54, 1.807) is 44.2 Å². The van der Waals surface area contributed by atoms with Crippen molar-refractivity contribution < 1.29 is 19.7 Å². The molecule has 0 atom stereocenters. The van der Waals surface area contributed by atoms with Gasteiger partial charge in [-0.05, 0) is 26.0 Å². The summed E-state index contributed by atoms with van der Waals surface area (Å²) < 4.78 is 4.79. The second-order valence-electron chi connectivity index (χ2n) is 2.95. The minimum atomic E-state index is -0.845. The van der Waals surface area contributed by atoms with Gasteiger partial charge in [0.15, 0.2) is 11.5 Å². The minimum Gasteiger partial charge on any atom is -0.504 e. The van der Waals surface area contributed by atoms with Crippen LogP contribution in [0.2, 0.25) is 0 Å². The zero-order valence-electron chi connectivity index (χ0n) is 9.60. The summed E-state index contributed by atoms with van der Waals surface area (Å²) in [4.78, 5) is 9.86. The van der Waals surface area contributed by atoms with Crippen LogP contribution in [0.1, 0.15) is 13.8 Å². The van der Waals surface area contributed by atoms with Crippen molar-refractivity contribution in [3.05, 3.63) is 35.9 Å². The third-order valence-corrected chi connectivity index (χ3v) is 1.86. The molecule has 0 spiro atoms. The first-order valence-electron chi connectivity index (χ1n) is 4.71. The molecule has 0 aliphatic carbocycles. The van der Waals surface area contributed by atoms with E-state index in [1.807, 2.05) is 0 Å². The summed E-state index contributed by atoms with van der Waals surface area (Å²) in [7, 11) is 1.52. The summed E-state index contributed by atoms with van der Waals surface area (Å²) in [6.07, 6.45) is 1.56. The molecule has 2 N–H and O–H groups in total. The van der Waals surface area contributed by atoms with Gasteiger partial charge in [0, 0.05) is 5.57 Å². The molecular formula is C12H16O4. The molecule has 0 fully saturated rings. The van der Waals surface area contributed by atoms with E-state index in [0.29, 0.717) is 11.3 Å². The normalized spacial score (nSPS) is 10.1. The topological polar surface area (TPSA) is 66.8 Å². The van der Waals surface area contributed by atoms with Crippen LogP contribution in [0, 0.1) is 0 Å². The highest BCUT2D eigenvalue weighted by Crippen LogP contribution is 2.22. The minimum absolute atomic E-state index is 0.181. The fraction of sp³-hybridized carbons (Fsp3) is 0.250. The summed E-state index contributed by atoms with van der Waals surface area (Å²) in [5, 5.41) is 17.1. The lowest BCUT2D eigenvalue weighted by Gasteiger charge is -1.99. The number of carboxylic acids is 1. The van der Waals surface area contributed by atoms with Gasteiger partial charge in [0.2, 0.25) is 0 Å². The van der Waals surface area contributed by atoms with E-state index >= 15 is 0 Å². The largest absolute Gasteiger partial charge is 0.504 e. The summed E-state index contributed by atoms with van der Waals surface area (Å²) >= 11 is 0. The molecule has 4 nitrogen and oxygen atoms in total. The van der Waals surface area contributed by atoms with Gasteiger partial charge in [-0.15, -0.1) is 0 Å².